The van der Waals surface area contributed by atoms with Crippen molar-refractivity contribution in [2.75, 3.05) is 13.2 Å². The van der Waals surface area contributed by atoms with E-state index in [1.54, 1.807) is 11.0 Å². The number of hydrogen-bond acceptors (Lipinski definition) is 4. The van der Waals surface area contributed by atoms with Crippen LogP contribution in [0.4, 0.5) is 0 Å². The van der Waals surface area contributed by atoms with Crippen LogP contribution in [-0.2, 0) is 4.74 Å². The van der Waals surface area contributed by atoms with Gasteiger partial charge in [0.1, 0.15) is 5.58 Å². The molecule has 0 aliphatic carbocycles. The lowest BCUT2D eigenvalue weighted by Crippen LogP contribution is -2.36. The number of halogens is 1. The minimum absolute atomic E-state index is 0.0188. The summed E-state index contributed by atoms with van der Waals surface area (Å²) in [5, 5.41) is 0.510. The van der Waals surface area contributed by atoms with Crippen molar-refractivity contribution < 1.29 is 13.9 Å². The number of benzene rings is 2. The number of nitrogens with zero attached hydrogens (tertiary/aromatic N) is 1. The van der Waals surface area contributed by atoms with Gasteiger partial charge >= 0.3 is 0 Å². The van der Waals surface area contributed by atoms with Gasteiger partial charge in [0.15, 0.2) is 5.43 Å². The van der Waals surface area contributed by atoms with Crippen molar-refractivity contribution >= 4 is 32.8 Å². The second kappa shape index (κ2) is 7.11. The molecular formula is C23H20BrNO4. The van der Waals surface area contributed by atoms with Crippen molar-refractivity contribution in [2.45, 2.75) is 31.9 Å². The number of rotatable bonds is 3. The number of hydrogen-bond donors (Lipinski definition) is 0. The first-order valence-electron chi connectivity index (χ1n) is 9.78. The fourth-order valence-corrected chi connectivity index (χ4v) is 4.77. The number of carbonyl (C=O) groups is 1. The summed E-state index contributed by atoms with van der Waals surface area (Å²) in [5.41, 5.74) is 2.58. The van der Waals surface area contributed by atoms with E-state index in [9.17, 15) is 9.59 Å². The third-order valence-corrected chi connectivity index (χ3v) is 6.20. The summed E-state index contributed by atoms with van der Waals surface area (Å²) in [4.78, 5) is 28.6. The number of ether oxygens (including phenoxy) is 1. The average molecular weight is 454 g/mol. The van der Waals surface area contributed by atoms with Crippen LogP contribution in [0.1, 0.15) is 46.1 Å². The molecule has 1 aromatic heterocycles. The van der Waals surface area contributed by atoms with Crippen molar-refractivity contribution in [3.8, 4) is 0 Å². The van der Waals surface area contributed by atoms with Crippen LogP contribution in [-0.4, -0.2) is 30.1 Å². The Hall–Kier alpha value is -2.44. The van der Waals surface area contributed by atoms with Crippen molar-refractivity contribution in [3.63, 3.8) is 0 Å². The molecular weight excluding hydrogens is 434 g/mol. The standard InChI is InChI=1S/C23H20BrNO4/c1-13-7-8-18-17(10-13)21(26)19-20(14-4-2-5-15(24)11-14)25(23(27)22(19)29-18)12-16-6-3-9-28-16/h2,4-5,7-8,10-11,16,20H,3,6,9,12H2,1H3/t16-,20+/m0/s1. The molecule has 0 spiro atoms. The Morgan fingerprint density at radius 3 is 2.79 bits per heavy atom. The summed E-state index contributed by atoms with van der Waals surface area (Å²) in [7, 11) is 0. The molecule has 3 heterocycles. The van der Waals surface area contributed by atoms with E-state index < -0.39 is 6.04 Å². The molecule has 2 aromatic carbocycles. The van der Waals surface area contributed by atoms with Crippen LogP contribution in [0.3, 0.4) is 0 Å². The second-order valence-electron chi connectivity index (χ2n) is 7.72. The minimum atomic E-state index is -0.486. The highest BCUT2D eigenvalue weighted by molar-refractivity contribution is 9.10. The maximum atomic E-state index is 13.5. The molecule has 5 nitrogen and oxygen atoms in total. The maximum absolute atomic E-state index is 13.5. The Labute approximate surface area is 176 Å². The number of fused-ring (bicyclic) bond motifs is 2. The maximum Gasteiger partial charge on any atom is 0.291 e. The molecule has 1 fully saturated rings. The van der Waals surface area contributed by atoms with E-state index in [1.165, 1.54) is 0 Å². The highest BCUT2D eigenvalue weighted by atomic mass is 79.9. The molecule has 2 atom stereocenters. The zero-order valence-corrected chi connectivity index (χ0v) is 17.6. The van der Waals surface area contributed by atoms with Crippen LogP contribution >= 0.6 is 15.9 Å². The van der Waals surface area contributed by atoms with Crippen LogP contribution in [0.2, 0.25) is 0 Å². The van der Waals surface area contributed by atoms with Gasteiger partial charge in [-0.25, -0.2) is 0 Å². The first-order chi connectivity index (χ1) is 14.0. The van der Waals surface area contributed by atoms with E-state index in [2.05, 4.69) is 15.9 Å². The highest BCUT2D eigenvalue weighted by Crippen LogP contribution is 2.39. The summed E-state index contributed by atoms with van der Waals surface area (Å²) >= 11 is 3.51. The topological polar surface area (TPSA) is 59.8 Å². The molecule has 1 saturated heterocycles. The third-order valence-electron chi connectivity index (χ3n) is 5.71. The van der Waals surface area contributed by atoms with E-state index in [0.717, 1.165) is 28.4 Å². The van der Waals surface area contributed by atoms with Gasteiger partial charge in [-0.3, -0.25) is 9.59 Å². The van der Waals surface area contributed by atoms with E-state index in [-0.39, 0.29) is 23.2 Å². The van der Waals surface area contributed by atoms with Gasteiger partial charge < -0.3 is 14.1 Å². The van der Waals surface area contributed by atoms with E-state index in [0.29, 0.717) is 29.7 Å². The molecule has 6 heteroatoms. The first kappa shape index (κ1) is 18.6. The molecule has 2 aliphatic heterocycles. The molecule has 0 bridgehead atoms. The van der Waals surface area contributed by atoms with Gasteiger partial charge in [0, 0.05) is 17.6 Å². The number of carbonyl (C=O) groups excluding carboxylic acids is 1. The minimum Gasteiger partial charge on any atom is -0.450 e. The third kappa shape index (κ3) is 3.11. The van der Waals surface area contributed by atoms with Crippen LogP contribution in [0, 0.1) is 6.92 Å². The van der Waals surface area contributed by atoms with E-state index >= 15 is 0 Å². The lowest BCUT2D eigenvalue weighted by Gasteiger charge is -2.27. The Bertz CT molecular complexity index is 1180. The Kier molecular flexibility index (Phi) is 4.56. The van der Waals surface area contributed by atoms with Gasteiger partial charge in [0.05, 0.1) is 23.1 Å². The molecule has 2 aliphatic rings. The smallest absolute Gasteiger partial charge is 0.291 e. The fraction of sp³-hybridized carbons (Fsp3) is 0.304. The first-order valence-corrected chi connectivity index (χ1v) is 10.6. The van der Waals surface area contributed by atoms with Gasteiger partial charge in [0.2, 0.25) is 5.76 Å². The van der Waals surface area contributed by atoms with Crippen molar-refractivity contribution in [1.29, 1.82) is 0 Å². The van der Waals surface area contributed by atoms with E-state index in [4.69, 9.17) is 9.15 Å². The second-order valence-corrected chi connectivity index (χ2v) is 8.64. The van der Waals surface area contributed by atoms with Gasteiger partial charge in [-0.1, -0.05) is 39.7 Å². The molecule has 0 saturated carbocycles. The quantitative estimate of drug-likeness (QED) is 0.581. The summed E-state index contributed by atoms with van der Waals surface area (Å²) in [5.74, 6) is -0.102. The van der Waals surface area contributed by atoms with Gasteiger partial charge in [0.25, 0.3) is 5.91 Å². The average Bonchev–Trinajstić information content (AvgIpc) is 3.31. The lowest BCUT2D eigenvalue weighted by molar-refractivity contribution is 0.0486. The molecule has 3 aromatic rings. The van der Waals surface area contributed by atoms with Crippen molar-refractivity contribution in [3.05, 3.63) is 79.6 Å². The summed E-state index contributed by atoms with van der Waals surface area (Å²) in [6.45, 7) is 3.09. The van der Waals surface area contributed by atoms with Gasteiger partial charge in [-0.05, 0) is 49.6 Å². The fourth-order valence-electron chi connectivity index (χ4n) is 4.35. The number of aryl methyl sites for hydroxylation is 1. The van der Waals surface area contributed by atoms with Crippen LogP contribution in [0.25, 0.3) is 11.0 Å². The summed E-state index contributed by atoms with van der Waals surface area (Å²) in [6, 6.07) is 12.7. The predicted molar refractivity (Wildman–Crippen MR) is 113 cm³/mol. The van der Waals surface area contributed by atoms with Crippen LogP contribution in [0.15, 0.2) is 56.1 Å². The molecule has 0 unspecified atom stereocenters. The monoisotopic (exact) mass is 453 g/mol. The molecule has 29 heavy (non-hydrogen) atoms. The summed E-state index contributed by atoms with van der Waals surface area (Å²) in [6.07, 6.45) is 1.88. The van der Waals surface area contributed by atoms with Gasteiger partial charge in [-0.2, -0.15) is 0 Å². The van der Waals surface area contributed by atoms with Crippen LogP contribution in [0.5, 0.6) is 0 Å². The zero-order chi connectivity index (χ0) is 20.1. The Morgan fingerprint density at radius 1 is 1.17 bits per heavy atom. The van der Waals surface area contributed by atoms with E-state index in [1.807, 2.05) is 43.3 Å². The highest BCUT2D eigenvalue weighted by Gasteiger charge is 2.43. The van der Waals surface area contributed by atoms with Crippen LogP contribution < -0.4 is 5.43 Å². The lowest BCUT2D eigenvalue weighted by atomic mass is 9.98. The molecule has 148 valence electrons. The number of amides is 1. The zero-order valence-electron chi connectivity index (χ0n) is 16.0. The molecule has 1 amide bonds. The van der Waals surface area contributed by atoms with Gasteiger partial charge in [-0.15, -0.1) is 0 Å². The summed E-state index contributed by atoms with van der Waals surface area (Å²) < 4.78 is 12.7. The normalized spacial score (nSPS) is 21.2. The largest absolute Gasteiger partial charge is 0.450 e. The Balaban J connectivity index is 1.72. The molecule has 5 rings (SSSR count). The van der Waals surface area contributed by atoms with Crippen molar-refractivity contribution in [1.82, 2.24) is 4.90 Å². The Morgan fingerprint density at radius 2 is 2.03 bits per heavy atom. The molecule has 0 N–H and O–H groups in total. The SMILES string of the molecule is Cc1ccc2oc3c(c(=O)c2c1)[C@@H](c1cccc(Br)c1)N(C[C@@H]1CCCO1)C3=O. The predicted octanol–water partition coefficient (Wildman–Crippen LogP) is 4.59. The van der Waals surface area contributed by atoms with Crippen molar-refractivity contribution in [2.24, 2.45) is 0 Å². The molecule has 0 radical (unpaired) electrons.